The fraction of sp³-hybridized carbons (Fsp3) is 0.364. The molecule has 2 rings (SSSR count). The molecule has 0 heterocycles. The minimum atomic E-state index is -3.78. The van der Waals surface area contributed by atoms with Gasteiger partial charge in [-0.15, -0.1) is 0 Å². The molecule has 174 valence electrons. The van der Waals surface area contributed by atoms with E-state index in [1.807, 2.05) is 30.3 Å². The van der Waals surface area contributed by atoms with Crippen molar-refractivity contribution in [2.75, 3.05) is 20.3 Å². The fourth-order valence-corrected chi connectivity index (χ4v) is 5.79. The topological polar surface area (TPSA) is 131 Å². The van der Waals surface area contributed by atoms with Crippen molar-refractivity contribution in [1.82, 2.24) is 10.2 Å². The SMILES string of the molecule is CCOP(=O)(c1ccc(OC)cc1)N(CCc1ccccc1)[C@H](CCC(N)=O)C(=O)NO. The van der Waals surface area contributed by atoms with Gasteiger partial charge in [-0.2, -0.15) is 0 Å². The van der Waals surface area contributed by atoms with Crippen molar-refractivity contribution in [3.8, 4) is 5.75 Å². The Morgan fingerprint density at radius 3 is 2.34 bits per heavy atom. The van der Waals surface area contributed by atoms with Gasteiger partial charge in [0.15, 0.2) is 0 Å². The second-order valence-corrected chi connectivity index (χ2v) is 9.36. The van der Waals surface area contributed by atoms with E-state index in [4.69, 9.17) is 15.0 Å². The highest BCUT2D eigenvalue weighted by Gasteiger charge is 2.41. The summed E-state index contributed by atoms with van der Waals surface area (Å²) in [5.41, 5.74) is 7.88. The number of hydrogen-bond donors (Lipinski definition) is 3. The van der Waals surface area contributed by atoms with Crippen LogP contribution in [0.3, 0.4) is 0 Å². The first-order chi connectivity index (χ1) is 15.3. The Hall–Kier alpha value is -2.71. The van der Waals surface area contributed by atoms with Gasteiger partial charge in [0.05, 0.1) is 25.1 Å². The maximum atomic E-state index is 14.3. The van der Waals surface area contributed by atoms with Gasteiger partial charge in [0, 0.05) is 13.0 Å². The molecule has 32 heavy (non-hydrogen) atoms. The first kappa shape index (κ1) is 25.5. The maximum absolute atomic E-state index is 14.3. The third kappa shape index (κ3) is 6.64. The first-order valence-electron chi connectivity index (χ1n) is 10.3. The molecule has 2 amide bonds. The van der Waals surface area contributed by atoms with Crippen LogP contribution in [0.15, 0.2) is 54.6 Å². The van der Waals surface area contributed by atoms with Crippen LogP contribution in [0.2, 0.25) is 0 Å². The molecule has 0 bridgehead atoms. The second kappa shape index (κ2) is 12.4. The number of nitrogens with two attached hydrogens (primary N) is 1. The molecular formula is C22H30N3O6P. The highest BCUT2D eigenvalue weighted by atomic mass is 31.2. The third-order valence-corrected chi connectivity index (χ3v) is 7.66. The molecule has 0 saturated carbocycles. The number of nitrogens with one attached hydrogen (secondary N) is 1. The molecule has 0 radical (unpaired) electrons. The van der Waals surface area contributed by atoms with Crippen LogP contribution in [-0.4, -0.2) is 48.0 Å². The van der Waals surface area contributed by atoms with Crippen LogP contribution in [0.4, 0.5) is 0 Å². The molecule has 4 N–H and O–H groups in total. The first-order valence-corrected chi connectivity index (χ1v) is 11.9. The lowest BCUT2D eigenvalue weighted by Crippen LogP contribution is -2.47. The molecule has 0 aliphatic rings. The fourth-order valence-electron chi connectivity index (χ4n) is 3.37. The molecule has 10 heteroatoms. The molecule has 0 saturated heterocycles. The molecule has 2 atom stereocenters. The Morgan fingerprint density at radius 1 is 1.16 bits per heavy atom. The summed E-state index contributed by atoms with van der Waals surface area (Å²) in [6.45, 7) is 1.99. The van der Waals surface area contributed by atoms with Crippen LogP contribution in [0.1, 0.15) is 25.3 Å². The number of primary amides is 1. The van der Waals surface area contributed by atoms with Crippen LogP contribution in [0.25, 0.3) is 0 Å². The zero-order chi connectivity index (χ0) is 23.6. The molecule has 0 spiro atoms. The molecule has 1 unspecified atom stereocenters. The van der Waals surface area contributed by atoms with Crippen molar-refractivity contribution >= 4 is 24.6 Å². The molecule has 0 aliphatic heterocycles. The van der Waals surface area contributed by atoms with Gasteiger partial charge >= 0.3 is 7.52 Å². The summed E-state index contributed by atoms with van der Waals surface area (Å²) in [6.07, 6.45) is 0.290. The monoisotopic (exact) mass is 463 g/mol. The largest absolute Gasteiger partial charge is 0.497 e. The van der Waals surface area contributed by atoms with Crippen molar-refractivity contribution in [3.63, 3.8) is 0 Å². The number of nitrogens with zero attached hydrogens (tertiary/aromatic N) is 1. The predicted molar refractivity (Wildman–Crippen MR) is 121 cm³/mol. The molecule has 9 nitrogen and oxygen atoms in total. The molecule has 2 aromatic carbocycles. The number of carbonyl (C=O) groups excluding carboxylic acids is 2. The van der Waals surface area contributed by atoms with Crippen molar-refractivity contribution < 1.29 is 28.6 Å². The number of amides is 2. The number of methoxy groups -OCH3 is 1. The summed E-state index contributed by atoms with van der Waals surface area (Å²) in [7, 11) is -2.26. The molecular weight excluding hydrogens is 433 g/mol. The van der Waals surface area contributed by atoms with E-state index in [0.717, 1.165) is 5.56 Å². The van der Waals surface area contributed by atoms with Gasteiger partial charge < -0.3 is 15.0 Å². The van der Waals surface area contributed by atoms with Crippen molar-refractivity contribution in [2.45, 2.75) is 32.2 Å². The lowest BCUT2D eigenvalue weighted by Gasteiger charge is -2.36. The smallest absolute Gasteiger partial charge is 0.303 e. The zero-order valence-corrected chi connectivity index (χ0v) is 19.2. The number of rotatable bonds is 13. The van der Waals surface area contributed by atoms with Gasteiger partial charge in [-0.3, -0.25) is 19.4 Å². The molecule has 2 aromatic rings. The van der Waals surface area contributed by atoms with Gasteiger partial charge in [-0.1, -0.05) is 30.3 Å². The summed E-state index contributed by atoms with van der Waals surface area (Å²) in [5.74, 6) is -0.835. The number of carbonyl (C=O) groups is 2. The van der Waals surface area contributed by atoms with Crippen molar-refractivity contribution in [3.05, 3.63) is 60.2 Å². The minimum absolute atomic E-state index is 0.0380. The number of ether oxygens (including phenoxy) is 1. The summed E-state index contributed by atoms with van der Waals surface area (Å²) >= 11 is 0. The van der Waals surface area contributed by atoms with Crippen LogP contribution >= 0.6 is 7.52 Å². The Balaban J connectivity index is 2.52. The summed E-state index contributed by atoms with van der Waals surface area (Å²) in [6, 6.07) is 14.9. The maximum Gasteiger partial charge on any atom is 0.303 e. The van der Waals surface area contributed by atoms with Crippen molar-refractivity contribution in [1.29, 1.82) is 0 Å². The average molecular weight is 463 g/mol. The van der Waals surface area contributed by atoms with E-state index in [-0.39, 0.29) is 26.0 Å². The van der Waals surface area contributed by atoms with Gasteiger partial charge in [0.1, 0.15) is 5.75 Å². The standard InChI is InChI=1S/C22H30N3O6P/c1-3-31-32(29,19-11-9-18(30-2)10-12-19)25(16-15-17-7-5-4-6-8-17)20(22(27)24-28)13-14-21(23)26/h4-12,20,28H,3,13-16H2,1-2H3,(H2,23,26)(H,24,27)/t20-,32?/m1/s1. The van der Waals surface area contributed by atoms with Crippen LogP contribution < -0.4 is 21.3 Å². The van der Waals surface area contributed by atoms with E-state index in [0.29, 0.717) is 17.5 Å². The summed E-state index contributed by atoms with van der Waals surface area (Å²) < 4.78 is 26.7. The number of hydrogen-bond acceptors (Lipinski definition) is 6. The molecule has 0 fully saturated rings. The zero-order valence-electron chi connectivity index (χ0n) is 18.3. The van der Waals surface area contributed by atoms with Crippen molar-refractivity contribution in [2.24, 2.45) is 5.73 Å². The predicted octanol–water partition coefficient (Wildman–Crippen LogP) is 2.23. The minimum Gasteiger partial charge on any atom is -0.497 e. The van der Waals surface area contributed by atoms with E-state index in [1.165, 1.54) is 11.8 Å². The lowest BCUT2D eigenvalue weighted by atomic mass is 10.1. The Morgan fingerprint density at radius 2 is 1.81 bits per heavy atom. The Kier molecular flexibility index (Phi) is 9.87. The quantitative estimate of drug-likeness (QED) is 0.236. The van der Waals surface area contributed by atoms with Gasteiger partial charge in [-0.05, 0) is 49.6 Å². The van der Waals surface area contributed by atoms with E-state index in [9.17, 15) is 19.4 Å². The highest BCUT2D eigenvalue weighted by Crippen LogP contribution is 2.51. The van der Waals surface area contributed by atoms with Gasteiger partial charge in [0.25, 0.3) is 5.91 Å². The van der Waals surface area contributed by atoms with Crippen LogP contribution in [0.5, 0.6) is 5.75 Å². The number of benzene rings is 2. The van der Waals surface area contributed by atoms with E-state index in [1.54, 1.807) is 36.7 Å². The van der Waals surface area contributed by atoms with E-state index >= 15 is 0 Å². The molecule has 0 aliphatic carbocycles. The molecule has 0 aromatic heterocycles. The Labute approximate surface area is 188 Å². The second-order valence-electron chi connectivity index (χ2n) is 7.03. The summed E-state index contributed by atoms with van der Waals surface area (Å²) in [5, 5.41) is 9.71. The van der Waals surface area contributed by atoms with E-state index < -0.39 is 25.4 Å². The normalized spacial score (nSPS) is 13.9. The third-order valence-electron chi connectivity index (χ3n) is 4.95. The number of hydroxylamine groups is 1. The van der Waals surface area contributed by atoms with Crippen LogP contribution in [0, 0.1) is 0 Å². The lowest BCUT2D eigenvalue weighted by molar-refractivity contribution is -0.133. The van der Waals surface area contributed by atoms with Gasteiger partial charge in [0.2, 0.25) is 5.91 Å². The van der Waals surface area contributed by atoms with Crippen LogP contribution in [-0.2, 0) is 25.1 Å². The summed E-state index contributed by atoms with van der Waals surface area (Å²) in [4.78, 5) is 24.0. The van der Waals surface area contributed by atoms with Gasteiger partial charge in [-0.25, -0.2) is 10.2 Å². The van der Waals surface area contributed by atoms with E-state index in [2.05, 4.69) is 0 Å². The highest BCUT2D eigenvalue weighted by molar-refractivity contribution is 7.64. The average Bonchev–Trinajstić information content (AvgIpc) is 2.81. The Bertz CT molecular complexity index is 923.